The summed E-state index contributed by atoms with van der Waals surface area (Å²) >= 11 is 1.59. The zero-order valence-electron chi connectivity index (χ0n) is 22.8. The van der Waals surface area contributed by atoms with Crippen molar-refractivity contribution in [2.75, 3.05) is 43.3 Å². The molecule has 3 heterocycles. The minimum atomic E-state index is -1.25. The van der Waals surface area contributed by atoms with Crippen molar-refractivity contribution in [3.05, 3.63) is 65.4 Å². The first-order valence-electron chi connectivity index (χ1n) is 13.0. The van der Waals surface area contributed by atoms with Crippen LogP contribution < -0.4 is 20.1 Å². The number of phenolic OH excluding ortho intramolecular Hbond substituents is 1. The molecule has 0 spiro atoms. The molecule has 1 unspecified atom stereocenters. The maximum absolute atomic E-state index is 15.6. The molecule has 14 heteroatoms. The Morgan fingerprint density at radius 3 is 2.74 bits per heavy atom. The number of benzene rings is 2. The number of nitrogens with one attached hydrogen (secondary N) is 1. The van der Waals surface area contributed by atoms with Crippen LogP contribution in [0.5, 0.6) is 28.9 Å². The second kappa shape index (κ2) is 12.1. The summed E-state index contributed by atoms with van der Waals surface area (Å²) in [5.74, 6) is -3.22. The Kier molecular flexibility index (Phi) is 8.34. The third kappa shape index (κ3) is 5.75. The first-order chi connectivity index (χ1) is 20.2. The van der Waals surface area contributed by atoms with Crippen molar-refractivity contribution in [1.82, 2.24) is 9.88 Å². The quantitative estimate of drug-likeness (QED) is 0.187. The second-order valence-corrected chi connectivity index (χ2v) is 10.4. The van der Waals surface area contributed by atoms with E-state index < -0.39 is 29.3 Å². The Labute approximate surface area is 244 Å². The number of amidine groups is 2. The van der Waals surface area contributed by atoms with Crippen LogP contribution in [-0.2, 0) is 9.53 Å². The van der Waals surface area contributed by atoms with E-state index in [4.69, 9.17) is 25.4 Å². The zero-order valence-corrected chi connectivity index (χ0v) is 23.6. The van der Waals surface area contributed by atoms with Gasteiger partial charge in [0.15, 0.2) is 17.3 Å². The normalized spacial score (nSPS) is 16.4. The molecule has 220 valence electrons. The van der Waals surface area contributed by atoms with Crippen LogP contribution in [0.1, 0.15) is 18.1 Å². The highest BCUT2D eigenvalue weighted by atomic mass is 32.2. The van der Waals surface area contributed by atoms with E-state index in [1.807, 2.05) is 16.8 Å². The minimum Gasteiger partial charge on any atom is -0.504 e. The minimum absolute atomic E-state index is 0.113. The molecule has 1 saturated heterocycles. The van der Waals surface area contributed by atoms with Gasteiger partial charge in [0.1, 0.15) is 23.5 Å². The lowest BCUT2D eigenvalue weighted by molar-refractivity contribution is -0.144. The van der Waals surface area contributed by atoms with Crippen LogP contribution in [0.25, 0.3) is 0 Å². The molecule has 0 saturated carbocycles. The Morgan fingerprint density at radius 2 is 2.02 bits per heavy atom. The van der Waals surface area contributed by atoms with Crippen molar-refractivity contribution < 1.29 is 32.9 Å². The summed E-state index contributed by atoms with van der Waals surface area (Å²) in [4.78, 5) is 24.6. The molecule has 1 fully saturated rings. The molecule has 1 atom stereocenters. The highest BCUT2D eigenvalue weighted by Crippen LogP contribution is 2.39. The van der Waals surface area contributed by atoms with E-state index in [0.717, 1.165) is 6.20 Å². The molecule has 0 radical (unpaired) electrons. The lowest BCUT2D eigenvalue weighted by Crippen LogP contribution is -2.39. The van der Waals surface area contributed by atoms with Crippen LogP contribution in [0.3, 0.4) is 0 Å². The molecule has 5 rings (SSSR count). The number of rotatable bonds is 9. The largest absolute Gasteiger partial charge is 0.504 e. The molecule has 42 heavy (non-hydrogen) atoms. The maximum atomic E-state index is 15.6. The summed E-state index contributed by atoms with van der Waals surface area (Å²) in [6, 6.07) is 8.39. The van der Waals surface area contributed by atoms with Gasteiger partial charge in [0, 0.05) is 30.6 Å². The van der Waals surface area contributed by atoms with E-state index in [2.05, 4.69) is 9.98 Å². The van der Waals surface area contributed by atoms with E-state index in [1.165, 1.54) is 18.2 Å². The van der Waals surface area contributed by atoms with Gasteiger partial charge in [0.25, 0.3) is 5.88 Å². The number of pyridine rings is 1. The molecule has 2 aromatic carbocycles. The molecule has 0 bridgehead atoms. The summed E-state index contributed by atoms with van der Waals surface area (Å²) in [7, 11) is 1.84. The summed E-state index contributed by atoms with van der Waals surface area (Å²) in [6.07, 6.45) is 0.734. The van der Waals surface area contributed by atoms with Gasteiger partial charge in [-0.25, -0.2) is 14.2 Å². The third-order valence-electron chi connectivity index (χ3n) is 6.62. The monoisotopic (exact) mass is 598 g/mol. The number of halogens is 2. The van der Waals surface area contributed by atoms with E-state index in [0.29, 0.717) is 41.8 Å². The number of ether oxygens (including phenoxy) is 3. The zero-order chi connectivity index (χ0) is 30.0. The smallest absolute Gasteiger partial charge is 0.329 e. The van der Waals surface area contributed by atoms with E-state index in [-0.39, 0.29) is 41.2 Å². The van der Waals surface area contributed by atoms with Gasteiger partial charge in [0.05, 0.1) is 30.8 Å². The van der Waals surface area contributed by atoms with Crippen LogP contribution in [0, 0.1) is 17.0 Å². The van der Waals surface area contributed by atoms with Crippen molar-refractivity contribution in [1.29, 1.82) is 5.41 Å². The number of thioether (sulfide) groups is 1. The summed E-state index contributed by atoms with van der Waals surface area (Å²) in [6.45, 7) is 3.19. The number of phenols is 1. The molecule has 1 aromatic heterocycles. The molecule has 2 aliphatic heterocycles. The number of nitrogen functional groups attached to an aromatic ring is 1. The second-order valence-electron chi connectivity index (χ2n) is 9.40. The Morgan fingerprint density at radius 1 is 1.21 bits per heavy atom. The van der Waals surface area contributed by atoms with Crippen LogP contribution >= 0.6 is 11.8 Å². The van der Waals surface area contributed by atoms with Crippen molar-refractivity contribution in [2.45, 2.75) is 13.0 Å². The van der Waals surface area contributed by atoms with Gasteiger partial charge in [-0.15, -0.1) is 11.8 Å². The predicted octanol–water partition coefficient (Wildman–Crippen LogP) is 4.07. The summed E-state index contributed by atoms with van der Waals surface area (Å²) in [5, 5.41) is 17.7. The highest BCUT2D eigenvalue weighted by Gasteiger charge is 2.34. The predicted molar refractivity (Wildman–Crippen MR) is 154 cm³/mol. The van der Waals surface area contributed by atoms with Crippen LogP contribution in [0.4, 0.5) is 14.5 Å². The number of nitrogens with two attached hydrogens (primary N) is 1. The Balaban J connectivity index is 1.51. The fourth-order valence-electron chi connectivity index (χ4n) is 4.49. The van der Waals surface area contributed by atoms with Crippen molar-refractivity contribution in [3.63, 3.8) is 0 Å². The summed E-state index contributed by atoms with van der Waals surface area (Å²) < 4.78 is 47.1. The standard InChI is InChI=1S/C28H28F2N6O5S/c1-3-39-28(38)19-13-42-14-36(19)16-5-7-21(17(11-16)26-33-8-9-35(26)2)40-24-18(29)12-34-27(23(24)30)41-22-10-15(25(31)32)4-6-20(22)37/h4-7,10-12,19,37H,3,8-9,13-14H2,1-2H3,(H3,31,32). The number of likely N-dealkylation sites (N-methyl/N-ethyl adjacent to an activating group) is 1. The lowest BCUT2D eigenvalue weighted by atomic mass is 10.1. The van der Waals surface area contributed by atoms with Gasteiger partial charge >= 0.3 is 5.97 Å². The van der Waals surface area contributed by atoms with Gasteiger partial charge in [0.2, 0.25) is 11.6 Å². The van der Waals surface area contributed by atoms with E-state index in [9.17, 15) is 14.3 Å². The van der Waals surface area contributed by atoms with Gasteiger partial charge in [-0.1, -0.05) is 0 Å². The average molecular weight is 599 g/mol. The van der Waals surface area contributed by atoms with Crippen LogP contribution in [0.2, 0.25) is 0 Å². The molecule has 2 aliphatic rings. The number of aromatic hydroxyl groups is 1. The summed E-state index contributed by atoms with van der Waals surface area (Å²) in [5.41, 5.74) is 6.88. The fraction of sp³-hybridized carbons (Fsp3) is 0.286. The first kappa shape index (κ1) is 28.9. The topological polar surface area (TPSA) is 147 Å². The average Bonchev–Trinajstić information content (AvgIpc) is 3.63. The first-order valence-corrected chi connectivity index (χ1v) is 14.1. The number of hydrogen-bond donors (Lipinski definition) is 3. The van der Waals surface area contributed by atoms with Gasteiger partial charge in [-0.3, -0.25) is 10.4 Å². The number of hydrogen-bond acceptors (Lipinski definition) is 11. The lowest BCUT2D eigenvalue weighted by Gasteiger charge is -2.26. The molecule has 3 aromatic rings. The van der Waals surface area contributed by atoms with E-state index >= 15 is 4.39 Å². The molecular weight excluding hydrogens is 570 g/mol. The SMILES string of the molecule is CCOC(=O)C1CSCN1c1ccc(Oc2c(F)cnc(Oc3cc(C(=N)N)ccc3O)c2F)c(C2=NCCN2C)c1. The van der Waals surface area contributed by atoms with Crippen molar-refractivity contribution in [3.8, 4) is 28.9 Å². The molecule has 11 nitrogen and oxygen atoms in total. The maximum Gasteiger partial charge on any atom is 0.329 e. The molecule has 0 amide bonds. The Hall–Kier alpha value is -4.59. The molecular formula is C28H28F2N6O5S. The molecule has 4 N–H and O–H groups in total. The number of anilines is 1. The van der Waals surface area contributed by atoms with Crippen molar-refractivity contribution >= 4 is 35.1 Å². The fourth-order valence-corrected chi connectivity index (χ4v) is 5.66. The number of nitrogens with zero attached hydrogens (tertiary/aromatic N) is 4. The van der Waals surface area contributed by atoms with Crippen LogP contribution in [-0.4, -0.2) is 77.0 Å². The van der Waals surface area contributed by atoms with Crippen LogP contribution in [0.15, 0.2) is 47.6 Å². The van der Waals surface area contributed by atoms with Gasteiger partial charge in [-0.2, -0.15) is 4.39 Å². The Bertz CT molecular complexity index is 1570. The number of carbonyl (C=O) groups excluding carboxylic acids is 1. The molecule has 0 aliphatic carbocycles. The number of esters is 1. The van der Waals surface area contributed by atoms with Gasteiger partial charge < -0.3 is 34.9 Å². The number of carbonyl (C=O) groups is 1. The van der Waals surface area contributed by atoms with Crippen molar-refractivity contribution in [2.24, 2.45) is 10.7 Å². The number of aliphatic imine (C=N–C) groups is 1. The number of aromatic nitrogens is 1. The third-order valence-corrected chi connectivity index (χ3v) is 7.64. The highest BCUT2D eigenvalue weighted by molar-refractivity contribution is 7.99. The van der Waals surface area contributed by atoms with E-state index in [1.54, 1.807) is 36.9 Å². The van der Waals surface area contributed by atoms with Gasteiger partial charge in [-0.05, 0) is 43.3 Å².